The first-order valence-electron chi connectivity index (χ1n) is 9.65. The minimum absolute atomic E-state index is 0.145. The van der Waals surface area contributed by atoms with E-state index in [2.05, 4.69) is 10.3 Å². The molecule has 1 unspecified atom stereocenters. The summed E-state index contributed by atoms with van der Waals surface area (Å²) in [6.07, 6.45) is 1.39. The normalized spacial score (nSPS) is 12.0. The van der Waals surface area contributed by atoms with E-state index < -0.39 is 23.2 Å². The highest BCUT2D eigenvalue weighted by Crippen LogP contribution is 2.29. The van der Waals surface area contributed by atoms with Crippen LogP contribution >= 0.6 is 11.6 Å². The van der Waals surface area contributed by atoms with Crippen LogP contribution in [0.25, 0.3) is 11.2 Å². The van der Waals surface area contributed by atoms with Crippen LogP contribution in [-0.2, 0) is 18.9 Å². The summed E-state index contributed by atoms with van der Waals surface area (Å²) in [5, 5.41) is 3.19. The number of aromatic nitrogens is 4. The number of nitrogens with one attached hydrogen (secondary N) is 1. The van der Waals surface area contributed by atoms with Crippen molar-refractivity contribution in [2.75, 3.05) is 12.4 Å². The lowest BCUT2D eigenvalue weighted by atomic mass is 10.1. The van der Waals surface area contributed by atoms with Crippen molar-refractivity contribution in [3.8, 4) is 5.75 Å². The number of hydrogen-bond acceptors (Lipinski definition) is 5. The Labute approximate surface area is 187 Å². The van der Waals surface area contributed by atoms with E-state index in [-0.39, 0.29) is 11.2 Å². The maximum atomic E-state index is 13.5. The average Bonchev–Trinajstić information content (AvgIpc) is 3.22. The van der Waals surface area contributed by atoms with Crippen LogP contribution in [0.2, 0.25) is 5.02 Å². The minimum Gasteiger partial charge on any atom is -0.495 e. The number of ether oxygens (including phenoxy) is 1. The fraction of sp³-hybridized carbons (Fsp3) is 0.182. The Hall–Kier alpha value is -3.85. The van der Waals surface area contributed by atoms with Crippen LogP contribution in [-0.4, -0.2) is 31.7 Å². The Morgan fingerprint density at radius 3 is 2.47 bits per heavy atom. The van der Waals surface area contributed by atoms with Crippen molar-refractivity contribution in [3.63, 3.8) is 0 Å². The van der Waals surface area contributed by atoms with Crippen LogP contribution in [0.4, 0.5) is 5.69 Å². The number of anilines is 1. The Morgan fingerprint density at radius 1 is 1.09 bits per heavy atom. The van der Waals surface area contributed by atoms with Gasteiger partial charge in [-0.25, -0.2) is 9.78 Å². The molecule has 164 valence electrons. The van der Waals surface area contributed by atoms with Crippen molar-refractivity contribution in [1.29, 1.82) is 0 Å². The molecule has 0 aliphatic rings. The van der Waals surface area contributed by atoms with Crippen LogP contribution < -0.4 is 21.3 Å². The zero-order valence-electron chi connectivity index (χ0n) is 17.6. The Kier molecular flexibility index (Phi) is 5.58. The van der Waals surface area contributed by atoms with E-state index >= 15 is 0 Å². The summed E-state index contributed by atoms with van der Waals surface area (Å²) in [6, 6.07) is 13.0. The Bertz CT molecular complexity index is 1440. The number of hydrogen-bond donors (Lipinski definition) is 1. The number of nitrogens with zero attached hydrogens (tertiary/aromatic N) is 4. The summed E-state index contributed by atoms with van der Waals surface area (Å²) < 4.78 is 8.90. The molecule has 1 amide bonds. The molecule has 0 fully saturated rings. The van der Waals surface area contributed by atoms with E-state index in [9.17, 15) is 14.4 Å². The summed E-state index contributed by atoms with van der Waals surface area (Å²) in [5.41, 5.74) is 0.403. The first-order chi connectivity index (χ1) is 15.3. The van der Waals surface area contributed by atoms with Crippen molar-refractivity contribution < 1.29 is 9.53 Å². The van der Waals surface area contributed by atoms with Crippen LogP contribution in [0.3, 0.4) is 0 Å². The molecule has 0 saturated carbocycles. The Morgan fingerprint density at radius 2 is 1.81 bits per heavy atom. The highest BCUT2D eigenvalue weighted by atomic mass is 35.5. The van der Waals surface area contributed by atoms with Gasteiger partial charge in [0.25, 0.3) is 11.5 Å². The third-order valence-electron chi connectivity index (χ3n) is 5.23. The zero-order chi connectivity index (χ0) is 23.0. The van der Waals surface area contributed by atoms with Gasteiger partial charge in [0.2, 0.25) is 0 Å². The standard InChI is InChI=1S/C22H20ClN5O4/c1-26-19-18(21(30)27(2)22(26)31)28(12-24-19)17(13-7-5-4-6-8-13)20(29)25-14-9-10-16(32-3)15(23)11-14/h4-12,17H,1-3H3,(H,25,29). The van der Waals surface area contributed by atoms with Gasteiger partial charge < -0.3 is 14.6 Å². The van der Waals surface area contributed by atoms with Gasteiger partial charge in [-0.05, 0) is 23.8 Å². The molecular formula is C22H20ClN5O4. The smallest absolute Gasteiger partial charge is 0.332 e. The fourth-order valence-corrected chi connectivity index (χ4v) is 3.85. The van der Waals surface area contributed by atoms with Crippen LogP contribution in [0.5, 0.6) is 5.75 Å². The number of rotatable bonds is 5. The minimum atomic E-state index is -0.924. The number of imidazole rings is 1. The molecule has 1 N–H and O–H groups in total. The summed E-state index contributed by atoms with van der Waals surface area (Å²) in [5.74, 6) is 0.0712. The molecule has 4 aromatic rings. The molecule has 0 saturated heterocycles. The van der Waals surface area contributed by atoms with Gasteiger partial charge in [0.1, 0.15) is 11.8 Å². The van der Waals surface area contributed by atoms with Gasteiger partial charge >= 0.3 is 5.69 Å². The van der Waals surface area contributed by atoms with E-state index in [4.69, 9.17) is 16.3 Å². The second-order valence-electron chi connectivity index (χ2n) is 7.18. The quantitative estimate of drug-likeness (QED) is 0.500. The molecule has 2 heterocycles. The number of carbonyl (C=O) groups excluding carboxylic acids is 1. The molecule has 9 nitrogen and oxygen atoms in total. The predicted molar refractivity (Wildman–Crippen MR) is 121 cm³/mol. The highest BCUT2D eigenvalue weighted by Gasteiger charge is 2.27. The van der Waals surface area contributed by atoms with Gasteiger partial charge in [-0.1, -0.05) is 41.9 Å². The zero-order valence-corrected chi connectivity index (χ0v) is 18.3. The van der Waals surface area contributed by atoms with E-state index in [0.29, 0.717) is 22.0 Å². The lowest BCUT2D eigenvalue weighted by Crippen LogP contribution is -2.38. The van der Waals surface area contributed by atoms with E-state index in [0.717, 1.165) is 4.57 Å². The van der Waals surface area contributed by atoms with Gasteiger partial charge in [-0.2, -0.15) is 0 Å². The van der Waals surface area contributed by atoms with E-state index in [1.54, 1.807) is 42.5 Å². The second-order valence-corrected chi connectivity index (χ2v) is 7.59. The summed E-state index contributed by atoms with van der Waals surface area (Å²) >= 11 is 6.19. The monoisotopic (exact) mass is 453 g/mol. The topological polar surface area (TPSA) is 100 Å². The van der Waals surface area contributed by atoms with E-state index in [1.165, 1.54) is 36.7 Å². The lowest BCUT2D eigenvalue weighted by molar-refractivity contribution is -0.118. The number of amides is 1. The largest absolute Gasteiger partial charge is 0.495 e. The number of halogens is 1. The van der Waals surface area contributed by atoms with Crippen LogP contribution in [0.15, 0.2) is 64.4 Å². The molecule has 0 radical (unpaired) electrons. The molecule has 10 heteroatoms. The van der Waals surface area contributed by atoms with Gasteiger partial charge in [0, 0.05) is 19.8 Å². The molecule has 0 spiro atoms. The number of fused-ring (bicyclic) bond motifs is 1. The van der Waals surface area contributed by atoms with Gasteiger partial charge in [-0.15, -0.1) is 0 Å². The summed E-state index contributed by atoms with van der Waals surface area (Å²) in [7, 11) is 4.42. The van der Waals surface area contributed by atoms with Gasteiger partial charge in [0.15, 0.2) is 11.2 Å². The molecule has 2 aromatic heterocycles. The third-order valence-corrected chi connectivity index (χ3v) is 5.53. The summed E-state index contributed by atoms with van der Waals surface area (Å²) in [4.78, 5) is 42.9. The maximum absolute atomic E-state index is 13.5. The number of aryl methyl sites for hydroxylation is 1. The Balaban J connectivity index is 1.86. The maximum Gasteiger partial charge on any atom is 0.332 e. The van der Waals surface area contributed by atoms with Crippen molar-refractivity contribution in [1.82, 2.24) is 18.7 Å². The average molecular weight is 454 g/mol. The highest BCUT2D eigenvalue weighted by molar-refractivity contribution is 6.32. The fourth-order valence-electron chi connectivity index (χ4n) is 3.59. The van der Waals surface area contributed by atoms with Crippen molar-refractivity contribution in [3.05, 3.63) is 86.3 Å². The van der Waals surface area contributed by atoms with Gasteiger partial charge in [0.05, 0.1) is 18.5 Å². The van der Waals surface area contributed by atoms with Crippen molar-refractivity contribution in [2.24, 2.45) is 14.1 Å². The number of methoxy groups -OCH3 is 1. The molecule has 1 atom stereocenters. The van der Waals surface area contributed by atoms with Crippen LogP contribution in [0, 0.1) is 0 Å². The van der Waals surface area contributed by atoms with Gasteiger partial charge in [-0.3, -0.25) is 18.7 Å². The molecular weight excluding hydrogens is 434 g/mol. The van der Waals surface area contributed by atoms with Crippen molar-refractivity contribution >= 4 is 34.4 Å². The van der Waals surface area contributed by atoms with Crippen molar-refractivity contribution in [2.45, 2.75) is 6.04 Å². The first-order valence-corrected chi connectivity index (χ1v) is 10.0. The van der Waals surface area contributed by atoms with E-state index in [1.807, 2.05) is 6.07 Å². The third kappa shape index (κ3) is 3.56. The lowest BCUT2D eigenvalue weighted by Gasteiger charge is -2.20. The molecule has 4 rings (SSSR count). The predicted octanol–water partition coefficient (Wildman–Crippen LogP) is 2.32. The molecule has 0 aliphatic carbocycles. The SMILES string of the molecule is COc1ccc(NC(=O)C(c2ccccc2)n2cnc3c2c(=O)n(C)c(=O)n3C)cc1Cl. The number of carbonyl (C=O) groups is 1. The first kappa shape index (κ1) is 21.4. The molecule has 32 heavy (non-hydrogen) atoms. The molecule has 0 aliphatic heterocycles. The van der Waals surface area contributed by atoms with Crippen LogP contribution in [0.1, 0.15) is 11.6 Å². The summed E-state index contributed by atoms with van der Waals surface area (Å²) in [6.45, 7) is 0. The second kappa shape index (κ2) is 8.35. The number of benzene rings is 2. The molecule has 0 bridgehead atoms. The molecule has 2 aromatic carbocycles.